The van der Waals surface area contributed by atoms with E-state index in [4.69, 9.17) is 0 Å². The van der Waals surface area contributed by atoms with Gasteiger partial charge in [0.15, 0.2) is 5.16 Å². The Hall–Kier alpha value is -2.42. The fourth-order valence-electron chi connectivity index (χ4n) is 1.67. The Morgan fingerprint density at radius 3 is 2.68 bits per heavy atom. The number of benzene rings is 1. The Kier molecular flexibility index (Phi) is 4.76. The van der Waals surface area contributed by atoms with Gasteiger partial charge in [0, 0.05) is 13.1 Å². The molecule has 0 fully saturated rings. The molecule has 2 rings (SSSR count). The molecular weight excluding hydrogens is 306 g/mol. The average molecular weight is 321 g/mol. The molecule has 2 aromatic rings. The first kappa shape index (κ1) is 16.0. The van der Waals surface area contributed by atoms with E-state index in [9.17, 15) is 14.9 Å². The number of para-hydroxylation sites is 2. The maximum Gasteiger partial charge on any atom is 0.292 e. The standard InChI is InChI=1S/C13H15N5O3S/c1-8(22-13-16-15-9(2)17(13)3)12(19)14-10-6-4-5-7-11(10)18(20)21/h4-8H,1-3H3,(H,14,19)/t8-/m0/s1. The second-order valence-corrected chi connectivity index (χ2v) is 5.92. The van der Waals surface area contributed by atoms with E-state index in [-0.39, 0.29) is 17.3 Å². The van der Waals surface area contributed by atoms with Crippen molar-refractivity contribution in [2.75, 3.05) is 5.32 Å². The molecule has 0 saturated carbocycles. The lowest BCUT2D eigenvalue weighted by atomic mass is 10.2. The van der Waals surface area contributed by atoms with Gasteiger partial charge in [0.1, 0.15) is 11.5 Å². The lowest BCUT2D eigenvalue weighted by molar-refractivity contribution is -0.383. The van der Waals surface area contributed by atoms with Gasteiger partial charge >= 0.3 is 0 Å². The number of thioether (sulfide) groups is 1. The number of carbonyl (C=O) groups is 1. The highest BCUT2D eigenvalue weighted by atomic mass is 32.2. The number of nitrogens with one attached hydrogen (secondary N) is 1. The van der Waals surface area contributed by atoms with Crippen LogP contribution in [0.2, 0.25) is 0 Å². The molecule has 116 valence electrons. The minimum absolute atomic E-state index is 0.137. The van der Waals surface area contributed by atoms with Crippen LogP contribution in [-0.2, 0) is 11.8 Å². The van der Waals surface area contributed by atoms with Gasteiger partial charge in [-0.15, -0.1) is 10.2 Å². The van der Waals surface area contributed by atoms with Crippen molar-refractivity contribution in [2.24, 2.45) is 7.05 Å². The summed E-state index contributed by atoms with van der Waals surface area (Å²) in [5, 5.41) is 21.6. The van der Waals surface area contributed by atoms with Crippen LogP contribution in [0, 0.1) is 17.0 Å². The monoisotopic (exact) mass is 321 g/mol. The van der Waals surface area contributed by atoms with Gasteiger partial charge in [-0.05, 0) is 19.9 Å². The lowest BCUT2D eigenvalue weighted by Gasteiger charge is -2.11. The number of aryl methyl sites for hydroxylation is 1. The number of hydrogen-bond donors (Lipinski definition) is 1. The van der Waals surface area contributed by atoms with Crippen LogP contribution in [0.25, 0.3) is 0 Å². The first-order valence-electron chi connectivity index (χ1n) is 6.47. The maximum absolute atomic E-state index is 12.2. The zero-order valence-electron chi connectivity index (χ0n) is 12.3. The largest absolute Gasteiger partial charge is 0.319 e. The summed E-state index contributed by atoms with van der Waals surface area (Å²) in [6.45, 7) is 3.52. The van der Waals surface area contributed by atoms with E-state index in [1.54, 1.807) is 23.6 Å². The van der Waals surface area contributed by atoms with Gasteiger partial charge in [-0.3, -0.25) is 14.9 Å². The van der Waals surface area contributed by atoms with Gasteiger partial charge in [-0.1, -0.05) is 23.9 Å². The Bertz CT molecular complexity index is 715. The van der Waals surface area contributed by atoms with Gasteiger partial charge in [-0.25, -0.2) is 0 Å². The number of hydrogen-bond acceptors (Lipinski definition) is 6. The van der Waals surface area contributed by atoms with E-state index in [2.05, 4.69) is 15.5 Å². The predicted octanol–water partition coefficient (Wildman–Crippen LogP) is 2.15. The molecule has 0 aliphatic rings. The van der Waals surface area contributed by atoms with E-state index in [0.29, 0.717) is 5.16 Å². The fraction of sp³-hybridized carbons (Fsp3) is 0.308. The van der Waals surface area contributed by atoms with Crippen molar-refractivity contribution in [2.45, 2.75) is 24.3 Å². The number of carbonyl (C=O) groups excluding carboxylic acids is 1. The summed E-state index contributed by atoms with van der Waals surface area (Å²) in [7, 11) is 1.81. The molecule has 1 amide bonds. The molecule has 9 heteroatoms. The predicted molar refractivity (Wildman–Crippen MR) is 82.8 cm³/mol. The molecule has 1 heterocycles. The molecule has 1 atom stereocenters. The molecule has 0 bridgehead atoms. The number of anilines is 1. The Morgan fingerprint density at radius 2 is 2.09 bits per heavy atom. The van der Waals surface area contributed by atoms with Crippen LogP contribution in [0.1, 0.15) is 12.7 Å². The first-order valence-corrected chi connectivity index (χ1v) is 7.35. The lowest BCUT2D eigenvalue weighted by Crippen LogP contribution is -2.23. The molecule has 0 radical (unpaired) electrons. The number of amides is 1. The quantitative estimate of drug-likeness (QED) is 0.514. The molecule has 1 aromatic heterocycles. The highest BCUT2D eigenvalue weighted by Gasteiger charge is 2.21. The summed E-state index contributed by atoms with van der Waals surface area (Å²) in [5.41, 5.74) is 0.0432. The van der Waals surface area contributed by atoms with Crippen molar-refractivity contribution in [3.05, 3.63) is 40.2 Å². The van der Waals surface area contributed by atoms with Gasteiger partial charge in [0.25, 0.3) is 5.69 Å². The topological polar surface area (TPSA) is 103 Å². The molecule has 0 unspecified atom stereocenters. The molecule has 1 aromatic carbocycles. The fourth-order valence-corrected chi connectivity index (χ4v) is 2.54. The smallest absolute Gasteiger partial charge is 0.292 e. The average Bonchev–Trinajstić information content (AvgIpc) is 2.79. The van der Waals surface area contributed by atoms with Crippen LogP contribution in [0.4, 0.5) is 11.4 Å². The van der Waals surface area contributed by atoms with Crippen molar-refractivity contribution in [3.63, 3.8) is 0 Å². The van der Waals surface area contributed by atoms with Crippen LogP contribution in [0.5, 0.6) is 0 Å². The molecule has 0 aliphatic heterocycles. The summed E-state index contributed by atoms with van der Waals surface area (Å²) in [5.74, 6) is 0.411. The molecule has 22 heavy (non-hydrogen) atoms. The zero-order valence-corrected chi connectivity index (χ0v) is 13.1. The second kappa shape index (κ2) is 6.56. The minimum atomic E-state index is -0.528. The van der Waals surface area contributed by atoms with Crippen LogP contribution >= 0.6 is 11.8 Å². The van der Waals surface area contributed by atoms with Crippen LogP contribution < -0.4 is 5.32 Å². The van der Waals surface area contributed by atoms with E-state index >= 15 is 0 Å². The van der Waals surface area contributed by atoms with E-state index < -0.39 is 10.2 Å². The Morgan fingerprint density at radius 1 is 1.41 bits per heavy atom. The third-order valence-electron chi connectivity index (χ3n) is 3.06. The summed E-state index contributed by atoms with van der Waals surface area (Å²) >= 11 is 1.24. The highest BCUT2D eigenvalue weighted by Crippen LogP contribution is 2.26. The van der Waals surface area contributed by atoms with E-state index in [0.717, 1.165) is 5.82 Å². The van der Waals surface area contributed by atoms with Crippen molar-refractivity contribution < 1.29 is 9.72 Å². The van der Waals surface area contributed by atoms with E-state index in [1.807, 2.05) is 14.0 Å². The molecular formula is C13H15N5O3S. The van der Waals surface area contributed by atoms with Crippen molar-refractivity contribution in [1.82, 2.24) is 14.8 Å². The van der Waals surface area contributed by atoms with Gasteiger partial charge in [0.2, 0.25) is 5.91 Å². The number of nitrogens with zero attached hydrogens (tertiary/aromatic N) is 4. The molecule has 0 saturated heterocycles. The van der Waals surface area contributed by atoms with Gasteiger partial charge in [-0.2, -0.15) is 0 Å². The number of rotatable bonds is 5. The molecule has 1 N–H and O–H groups in total. The van der Waals surface area contributed by atoms with Crippen LogP contribution in [0.15, 0.2) is 29.4 Å². The Balaban J connectivity index is 2.09. The van der Waals surface area contributed by atoms with Crippen LogP contribution in [-0.4, -0.2) is 30.8 Å². The maximum atomic E-state index is 12.2. The number of nitro benzene ring substituents is 1. The molecule has 0 spiro atoms. The highest BCUT2D eigenvalue weighted by molar-refractivity contribution is 8.00. The molecule has 0 aliphatic carbocycles. The normalized spacial score (nSPS) is 12.0. The first-order chi connectivity index (χ1) is 10.4. The summed E-state index contributed by atoms with van der Waals surface area (Å²) in [4.78, 5) is 22.6. The summed E-state index contributed by atoms with van der Waals surface area (Å²) in [6.07, 6.45) is 0. The van der Waals surface area contributed by atoms with Crippen LogP contribution in [0.3, 0.4) is 0 Å². The summed E-state index contributed by atoms with van der Waals surface area (Å²) < 4.78 is 1.78. The molecule has 8 nitrogen and oxygen atoms in total. The van der Waals surface area contributed by atoms with Crippen molar-refractivity contribution in [1.29, 1.82) is 0 Å². The van der Waals surface area contributed by atoms with E-state index in [1.165, 1.54) is 23.9 Å². The van der Waals surface area contributed by atoms with Crippen molar-refractivity contribution in [3.8, 4) is 0 Å². The third-order valence-corrected chi connectivity index (χ3v) is 4.20. The number of nitro groups is 1. The number of aromatic nitrogens is 3. The van der Waals surface area contributed by atoms with Gasteiger partial charge in [0.05, 0.1) is 10.2 Å². The minimum Gasteiger partial charge on any atom is -0.319 e. The SMILES string of the molecule is Cc1nnc(S[C@@H](C)C(=O)Nc2ccccc2[N+](=O)[O-])n1C. The second-order valence-electron chi connectivity index (χ2n) is 4.61. The Labute approximate surface area is 131 Å². The van der Waals surface area contributed by atoms with Gasteiger partial charge < -0.3 is 9.88 Å². The van der Waals surface area contributed by atoms with Crippen molar-refractivity contribution >= 4 is 29.0 Å². The summed E-state index contributed by atoms with van der Waals surface area (Å²) in [6, 6.07) is 6.03. The zero-order chi connectivity index (χ0) is 16.3. The third kappa shape index (κ3) is 3.42.